The van der Waals surface area contributed by atoms with E-state index in [-0.39, 0.29) is 17.7 Å². The smallest absolute Gasteiger partial charge is 0.261 e. The second kappa shape index (κ2) is 5.46. The zero-order valence-electron chi connectivity index (χ0n) is 10.8. The number of thiophene rings is 1. The molecule has 0 radical (unpaired) electrons. The van der Waals surface area contributed by atoms with Crippen LogP contribution in [0.2, 0.25) is 0 Å². The molecule has 0 saturated heterocycles. The molecule has 0 bridgehead atoms. The van der Waals surface area contributed by atoms with Gasteiger partial charge in [0, 0.05) is 12.2 Å². The highest BCUT2D eigenvalue weighted by Gasteiger charge is 2.29. The van der Waals surface area contributed by atoms with Gasteiger partial charge in [-0.3, -0.25) is 9.59 Å². The topological polar surface area (TPSA) is 58.2 Å². The molecule has 1 aromatic carbocycles. The van der Waals surface area contributed by atoms with E-state index in [9.17, 15) is 9.59 Å². The van der Waals surface area contributed by atoms with Crippen molar-refractivity contribution in [1.29, 1.82) is 0 Å². The molecular weight excluding hydrogens is 272 g/mol. The summed E-state index contributed by atoms with van der Waals surface area (Å²) in [7, 11) is 0. The molecule has 1 aromatic heterocycles. The highest BCUT2D eigenvalue weighted by Crippen LogP contribution is 2.33. The first-order chi connectivity index (χ1) is 9.75. The number of carbonyl (C=O) groups is 2. The molecule has 2 aromatic rings. The van der Waals surface area contributed by atoms with Gasteiger partial charge >= 0.3 is 0 Å². The number of hydrogen-bond acceptors (Lipinski definition) is 3. The normalized spacial score (nSPS) is 16.6. The predicted octanol–water partition coefficient (Wildman–Crippen LogP) is 2.60. The Kier molecular flexibility index (Phi) is 3.52. The Bertz CT molecular complexity index is 637. The van der Waals surface area contributed by atoms with E-state index >= 15 is 0 Å². The van der Waals surface area contributed by atoms with Crippen LogP contribution in [0.3, 0.4) is 0 Å². The summed E-state index contributed by atoms with van der Waals surface area (Å²) >= 11 is 1.41. The Morgan fingerprint density at radius 3 is 2.90 bits per heavy atom. The zero-order valence-corrected chi connectivity index (χ0v) is 11.6. The highest BCUT2D eigenvalue weighted by atomic mass is 32.1. The summed E-state index contributed by atoms with van der Waals surface area (Å²) < 4.78 is 0. The molecule has 0 aliphatic carbocycles. The average molecular weight is 286 g/mol. The molecule has 1 unspecified atom stereocenters. The summed E-state index contributed by atoms with van der Waals surface area (Å²) in [5.74, 6) is -0.238. The number of benzene rings is 1. The third-order valence-electron chi connectivity index (χ3n) is 3.37. The molecule has 1 aliphatic rings. The standard InChI is InChI=1S/C15H14N2O2S/c18-14-11(10-4-1-2-5-12(10)17-14)7-8-16-15(19)13-6-3-9-20-13/h1-6,9,11H,7-8H2,(H,16,19)(H,17,18). The maximum atomic E-state index is 11.9. The number of anilines is 1. The molecule has 4 nitrogen and oxygen atoms in total. The van der Waals surface area contributed by atoms with Crippen LogP contribution in [-0.2, 0) is 4.79 Å². The van der Waals surface area contributed by atoms with Crippen LogP contribution in [0.4, 0.5) is 5.69 Å². The molecule has 2 heterocycles. The van der Waals surface area contributed by atoms with Gasteiger partial charge in [-0.2, -0.15) is 0 Å². The number of rotatable bonds is 4. The van der Waals surface area contributed by atoms with Gasteiger partial charge in [-0.1, -0.05) is 24.3 Å². The van der Waals surface area contributed by atoms with E-state index in [1.54, 1.807) is 6.07 Å². The molecule has 20 heavy (non-hydrogen) atoms. The fourth-order valence-corrected chi connectivity index (χ4v) is 3.03. The summed E-state index contributed by atoms with van der Waals surface area (Å²) in [6, 6.07) is 11.3. The lowest BCUT2D eigenvalue weighted by Gasteiger charge is -2.09. The lowest BCUT2D eigenvalue weighted by molar-refractivity contribution is -0.117. The van der Waals surface area contributed by atoms with Gasteiger partial charge in [0.15, 0.2) is 0 Å². The van der Waals surface area contributed by atoms with Gasteiger partial charge in [0.1, 0.15) is 0 Å². The van der Waals surface area contributed by atoms with Gasteiger partial charge in [-0.05, 0) is 29.5 Å². The number of carbonyl (C=O) groups excluding carboxylic acids is 2. The van der Waals surface area contributed by atoms with Crippen molar-refractivity contribution in [3.63, 3.8) is 0 Å². The highest BCUT2D eigenvalue weighted by molar-refractivity contribution is 7.12. The second-order valence-electron chi connectivity index (χ2n) is 4.65. The van der Waals surface area contributed by atoms with Crippen LogP contribution >= 0.6 is 11.3 Å². The minimum Gasteiger partial charge on any atom is -0.351 e. The molecule has 2 amide bonds. The van der Waals surface area contributed by atoms with Crippen LogP contribution in [0.1, 0.15) is 27.6 Å². The van der Waals surface area contributed by atoms with Crippen LogP contribution in [0.15, 0.2) is 41.8 Å². The van der Waals surface area contributed by atoms with Gasteiger partial charge in [0.05, 0.1) is 10.8 Å². The van der Waals surface area contributed by atoms with E-state index in [0.717, 1.165) is 11.3 Å². The third-order valence-corrected chi connectivity index (χ3v) is 4.24. The first-order valence-electron chi connectivity index (χ1n) is 6.47. The summed E-state index contributed by atoms with van der Waals surface area (Å²) in [5.41, 5.74) is 1.90. The molecule has 102 valence electrons. The Labute approximate surface area is 120 Å². The van der Waals surface area contributed by atoms with Gasteiger partial charge in [0.25, 0.3) is 5.91 Å². The van der Waals surface area contributed by atoms with E-state index in [2.05, 4.69) is 10.6 Å². The van der Waals surface area contributed by atoms with Crippen LogP contribution in [0.25, 0.3) is 0 Å². The van der Waals surface area contributed by atoms with Crippen molar-refractivity contribution in [3.05, 3.63) is 52.2 Å². The van der Waals surface area contributed by atoms with Crippen molar-refractivity contribution >= 4 is 28.8 Å². The number of nitrogens with one attached hydrogen (secondary N) is 2. The molecular formula is C15H14N2O2S. The van der Waals surface area contributed by atoms with E-state index in [0.29, 0.717) is 17.8 Å². The number of amides is 2. The summed E-state index contributed by atoms with van der Waals surface area (Å²) in [4.78, 5) is 24.4. The minimum absolute atomic E-state index is 0.0107. The first-order valence-corrected chi connectivity index (χ1v) is 7.35. The van der Waals surface area contributed by atoms with Gasteiger partial charge in [-0.15, -0.1) is 11.3 Å². The van der Waals surface area contributed by atoms with Crippen LogP contribution in [-0.4, -0.2) is 18.4 Å². The number of hydrogen-bond donors (Lipinski definition) is 2. The predicted molar refractivity (Wildman–Crippen MR) is 79.1 cm³/mol. The van der Waals surface area contributed by atoms with Crippen molar-refractivity contribution < 1.29 is 9.59 Å². The van der Waals surface area contributed by atoms with Crippen molar-refractivity contribution in [2.75, 3.05) is 11.9 Å². The van der Waals surface area contributed by atoms with Crippen molar-refractivity contribution in [2.45, 2.75) is 12.3 Å². The summed E-state index contributed by atoms with van der Waals surface area (Å²) in [6.07, 6.45) is 0.611. The van der Waals surface area contributed by atoms with E-state index < -0.39 is 0 Å². The SMILES string of the molecule is O=C(NCCC1C(=O)Nc2ccccc21)c1cccs1. The fraction of sp³-hybridized carbons (Fsp3) is 0.200. The van der Waals surface area contributed by atoms with Crippen molar-refractivity contribution in [2.24, 2.45) is 0 Å². The Morgan fingerprint density at radius 1 is 1.25 bits per heavy atom. The zero-order chi connectivity index (χ0) is 13.9. The molecule has 2 N–H and O–H groups in total. The van der Waals surface area contributed by atoms with Crippen LogP contribution in [0, 0.1) is 0 Å². The monoisotopic (exact) mass is 286 g/mol. The molecule has 3 rings (SSSR count). The van der Waals surface area contributed by atoms with E-state index in [4.69, 9.17) is 0 Å². The lowest BCUT2D eigenvalue weighted by Crippen LogP contribution is -2.26. The Hall–Kier alpha value is -2.14. The molecule has 1 aliphatic heterocycles. The molecule has 0 spiro atoms. The first kappa shape index (κ1) is 12.9. The second-order valence-corrected chi connectivity index (χ2v) is 5.60. The van der Waals surface area contributed by atoms with Crippen LogP contribution in [0.5, 0.6) is 0 Å². The van der Waals surface area contributed by atoms with Crippen LogP contribution < -0.4 is 10.6 Å². The molecule has 0 saturated carbocycles. The fourth-order valence-electron chi connectivity index (χ4n) is 2.39. The molecule has 0 fully saturated rings. The third kappa shape index (κ3) is 2.44. The lowest BCUT2D eigenvalue weighted by atomic mass is 9.97. The molecule has 1 atom stereocenters. The van der Waals surface area contributed by atoms with Crippen molar-refractivity contribution in [1.82, 2.24) is 5.32 Å². The van der Waals surface area contributed by atoms with E-state index in [1.165, 1.54) is 11.3 Å². The minimum atomic E-state index is -0.171. The van der Waals surface area contributed by atoms with Crippen molar-refractivity contribution in [3.8, 4) is 0 Å². The quantitative estimate of drug-likeness (QED) is 0.907. The van der Waals surface area contributed by atoms with E-state index in [1.807, 2.05) is 35.7 Å². The summed E-state index contributed by atoms with van der Waals surface area (Å²) in [6.45, 7) is 0.489. The maximum absolute atomic E-state index is 11.9. The number of fused-ring (bicyclic) bond motifs is 1. The summed E-state index contributed by atoms with van der Waals surface area (Å²) in [5, 5.41) is 7.59. The number of para-hydroxylation sites is 1. The van der Waals surface area contributed by atoms with Gasteiger partial charge in [0.2, 0.25) is 5.91 Å². The maximum Gasteiger partial charge on any atom is 0.261 e. The Balaban J connectivity index is 1.59. The largest absolute Gasteiger partial charge is 0.351 e. The molecule has 5 heteroatoms. The van der Waals surface area contributed by atoms with Gasteiger partial charge in [-0.25, -0.2) is 0 Å². The Morgan fingerprint density at radius 2 is 2.10 bits per heavy atom. The average Bonchev–Trinajstić information content (AvgIpc) is 3.07. The van der Waals surface area contributed by atoms with Gasteiger partial charge < -0.3 is 10.6 Å².